The molecule has 1 amide bonds. The minimum Gasteiger partial charge on any atom is -0.481 e. The number of carboxylic acid groups (broad SMARTS) is 1. The van der Waals surface area contributed by atoms with Crippen LogP contribution < -0.4 is 11.5 Å². The third-order valence-corrected chi connectivity index (χ3v) is 5.41. The second kappa shape index (κ2) is 15.0. The van der Waals surface area contributed by atoms with Crippen molar-refractivity contribution in [1.29, 1.82) is 0 Å². The van der Waals surface area contributed by atoms with E-state index in [1.54, 1.807) is 0 Å². The average Bonchev–Trinajstić information content (AvgIpc) is 2.61. The number of amides is 1. The normalized spacial score (nSPS) is 12.2. The lowest BCUT2D eigenvalue weighted by molar-refractivity contribution is -0.871. The van der Waals surface area contributed by atoms with Gasteiger partial charge in [0.05, 0.1) is 40.2 Å². The fraction of sp³-hybridized carbons (Fsp3) is 0.680. The Morgan fingerprint density at radius 2 is 1.55 bits per heavy atom. The molecule has 0 saturated heterocycles. The van der Waals surface area contributed by atoms with E-state index in [9.17, 15) is 9.59 Å². The first-order valence-corrected chi connectivity index (χ1v) is 11.4. The lowest BCUT2D eigenvalue weighted by Gasteiger charge is -2.29. The largest absolute Gasteiger partial charge is 0.481 e. The molecule has 0 heterocycles. The summed E-state index contributed by atoms with van der Waals surface area (Å²) in [5.74, 6) is -0.894. The summed E-state index contributed by atoms with van der Waals surface area (Å²) >= 11 is 0. The molecular formula is C25H46N3O3+. The number of unbranched alkanes of at least 4 members (excludes halogenated alkanes) is 6. The Balaban J connectivity index is 0.00000900. The molecule has 6 nitrogen and oxygen atoms in total. The van der Waals surface area contributed by atoms with Crippen LogP contribution in [0.4, 0.5) is 0 Å². The summed E-state index contributed by atoms with van der Waals surface area (Å²) in [6.45, 7) is 4.95. The van der Waals surface area contributed by atoms with E-state index in [2.05, 4.69) is 37.4 Å². The van der Waals surface area contributed by atoms with Crippen LogP contribution in [0, 0.1) is 13.8 Å². The summed E-state index contributed by atoms with van der Waals surface area (Å²) in [6, 6.07) is 6.39. The third-order valence-electron chi connectivity index (χ3n) is 5.41. The van der Waals surface area contributed by atoms with Gasteiger partial charge in [-0.3, -0.25) is 9.59 Å². The van der Waals surface area contributed by atoms with Crippen LogP contribution in [-0.2, 0) is 16.0 Å². The Morgan fingerprint density at radius 3 is 2.13 bits per heavy atom. The van der Waals surface area contributed by atoms with Crippen molar-refractivity contribution in [1.82, 2.24) is 11.5 Å². The monoisotopic (exact) mass is 436 g/mol. The SMILES string of the molecule is Cc1ccc(C)c(CCCCCCCCCC(=O)N[C@H](CC(=O)O)C[N+](C)(C)C)c1.N. The zero-order valence-corrected chi connectivity index (χ0v) is 20.5. The van der Waals surface area contributed by atoms with Crippen LogP contribution in [-0.4, -0.2) is 55.2 Å². The van der Waals surface area contributed by atoms with Gasteiger partial charge in [-0.15, -0.1) is 0 Å². The number of carbonyl (C=O) groups is 2. The summed E-state index contributed by atoms with van der Waals surface area (Å²) in [7, 11) is 6.01. The molecule has 178 valence electrons. The number of aliphatic carboxylic acids is 1. The predicted octanol–water partition coefficient (Wildman–Crippen LogP) is 4.79. The molecule has 0 unspecified atom stereocenters. The minimum absolute atomic E-state index is 0. The zero-order chi connectivity index (χ0) is 22.6. The number of hydrogen-bond donors (Lipinski definition) is 3. The van der Waals surface area contributed by atoms with Gasteiger partial charge in [0.2, 0.25) is 5.91 Å². The molecule has 0 spiro atoms. The van der Waals surface area contributed by atoms with Crippen LogP contribution in [0.25, 0.3) is 0 Å². The van der Waals surface area contributed by atoms with Crippen molar-refractivity contribution in [3.63, 3.8) is 0 Å². The molecule has 5 N–H and O–H groups in total. The van der Waals surface area contributed by atoms with Gasteiger partial charge in [-0.1, -0.05) is 55.9 Å². The molecule has 1 aromatic carbocycles. The maximum Gasteiger partial charge on any atom is 0.305 e. The fourth-order valence-corrected chi connectivity index (χ4v) is 3.89. The molecule has 0 saturated carbocycles. The second-order valence-corrected chi connectivity index (χ2v) is 9.74. The number of benzene rings is 1. The van der Waals surface area contributed by atoms with E-state index in [4.69, 9.17) is 5.11 Å². The maximum absolute atomic E-state index is 12.2. The maximum atomic E-state index is 12.2. The molecule has 0 aliphatic carbocycles. The molecular weight excluding hydrogens is 390 g/mol. The molecule has 31 heavy (non-hydrogen) atoms. The van der Waals surface area contributed by atoms with Gasteiger partial charge in [0.1, 0.15) is 0 Å². The van der Waals surface area contributed by atoms with Crippen molar-refractivity contribution in [2.75, 3.05) is 27.7 Å². The van der Waals surface area contributed by atoms with Gasteiger partial charge in [-0.25, -0.2) is 0 Å². The lowest BCUT2D eigenvalue weighted by atomic mass is 9.99. The first-order valence-electron chi connectivity index (χ1n) is 11.4. The highest BCUT2D eigenvalue weighted by Crippen LogP contribution is 2.15. The Morgan fingerprint density at radius 1 is 0.968 bits per heavy atom. The van der Waals surface area contributed by atoms with E-state index in [1.165, 1.54) is 48.8 Å². The molecule has 1 rings (SSSR count). The van der Waals surface area contributed by atoms with Gasteiger partial charge in [-0.05, 0) is 44.2 Å². The van der Waals surface area contributed by atoms with E-state index in [0.29, 0.717) is 17.4 Å². The summed E-state index contributed by atoms with van der Waals surface area (Å²) in [5, 5.41) is 12.0. The number of rotatable bonds is 15. The predicted molar refractivity (Wildman–Crippen MR) is 129 cm³/mol. The highest BCUT2D eigenvalue weighted by molar-refractivity contribution is 5.77. The topological polar surface area (TPSA) is 101 Å². The number of likely N-dealkylation sites (N-methyl/N-ethyl adjacent to an activating group) is 1. The quantitative estimate of drug-likeness (QED) is 0.272. The minimum atomic E-state index is -0.869. The molecule has 0 radical (unpaired) electrons. The first-order chi connectivity index (χ1) is 14.1. The number of nitrogens with one attached hydrogen (secondary N) is 1. The van der Waals surface area contributed by atoms with Gasteiger partial charge in [0, 0.05) is 6.42 Å². The zero-order valence-electron chi connectivity index (χ0n) is 20.5. The van der Waals surface area contributed by atoms with Crippen LogP contribution in [0.5, 0.6) is 0 Å². The number of carbonyl (C=O) groups excluding carboxylic acids is 1. The number of nitrogens with zero attached hydrogens (tertiary/aromatic N) is 1. The van der Waals surface area contributed by atoms with E-state index in [0.717, 1.165) is 19.3 Å². The van der Waals surface area contributed by atoms with Crippen LogP contribution in [0.1, 0.15) is 74.5 Å². The Bertz CT molecular complexity index is 668. The van der Waals surface area contributed by atoms with Gasteiger partial charge in [-0.2, -0.15) is 0 Å². The number of aryl methyl sites for hydroxylation is 3. The van der Waals surface area contributed by atoms with E-state index < -0.39 is 5.97 Å². The summed E-state index contributed by atoms with van der Waals surface area (Å²) in [4.78, 5) is 23.2. The molecule has 0 fully saturated rings. The number of quaternary nitrogens is 1. The van der Waals surface area contributed by atoms with Crippen molar-refractivity contribution >= 4 is 11.9 Å². The molecule has 1 atom stereocenters. The fourth-order valence-electron chi connectivity index (χ4n) is 3.89. The van der Waals surface area contributed by atoms with Crippen LogP contribution >= 0.6 is 0 Å². The lowest BCUT2D eigenvalue weighted by Crippen LogP contribution is -2.49. The Kier molecular flexibility index (Phi) is 14.0. The highest BCUT2D eigenvalue weighted by Gasteiger charge is 2.22. The Hall–Kier alpha value is -1.92. The van der Waals surface area contributed by atoms with Crippen molar-refractivity contribution in [2.24, 2.45) is 0 Å². The van der Waals surface area contributed by atoms with Crippen molar-refractivity contribution in [2.45, 2.75) is 84.1 Å². The molecule has 0 aromatic heterocycles. The van der Waals surface area contributed by atoms with Crippen LogP contribution in [0.2, 0.25) is 0 Å². The van der Waals surface area contributed by atoms with Gasteiger partial charge < -0.3 is 21.1 Å². The average molecular weight is 437 g/mol. The van der Waals surface area contributed by atoms with Gasteiger partial charge in [0.25, 0.3) is 0 Å². The smallest absolute Gasteiger partial charge is 0.305 e. The summed E-state index contributed by atoms with van der Waals surface area (Å²) < 4.78 is 0.627. The second-order valence-electron chi connectivity index (χ2n) is 9.74. The molecule has 6 heteroatoms. The van der Waals surface area contributed by atoms with Crippen LogP contribution in [0.15, 0.2) is 18.2 Å². The van der Waals surface area contributed by atoms with Crippen LogP contribution in [0.3, 0.4) is 0 Å². The number of hydrogen-bond acceptors (Lipinski definition) is 3. The van der Waals surface area contributed by atoms with Gasteiger partial charge >= 0.3 is 5.97 Å². The van der Waals surface area contributed by atoms with Gasteiger partial charge in [0.15, 0.2) is 0 Å². The summed E-state index contributed by atoms with van der Waals surface area (Å²) in [6.07, 6.45) is 9.69. The van der Waals surface area contributed by atoms with Crippen molar-refractivity contribution in [3.05, 3.63) is 34.9 Å². The Labute approximate surface area is 189 Å². The van der Waals surface area contributed by atoms with E-state index >= 15 is 0 Å². The van der Waals surface area contributed by atoms with E-state index in [1.807, 2.05) is 21.1 Å². The third kappa shape index (κ3) is 14.7. The molecule has 0 aliphatic rings. The first kappa shape index (κ1) is 29.1. The van der Waals surface area contributed by atoms with Crippen molar-refractivity contribution < 1.29 is 19.2 Å². The summed E-state index contributed by atoms with van der Waals surface area (Å²) in [5.41, 5.74) is 4.21. The van der Waals surface area contributed by atoms with Crippen molar-refractivity contribution in [3.8, 4) is 0 Å². The standard InChI is InChI=1S/C25H42N2O3.H3N/c1-20-15-16-21(2)22(17-20)13-11-9-7-6-8-10-12-14-24(28)26-23(18-25(29)30)19-27(3,4)5;/h15-17,23H,6-14,18-19H2,1-5H3,(H-,26,28,29,30);1H3/p+1/t23-;/m1./s1. The molecule has 0 aliphatic heterocycles. The number of carboxylic acids is 1. The van der Waals surface area contributed by atoms with E-state index in [-0.39, 0.29) is 24.5 Å². The molecule has 1 aromatic rings. The highest BCUT2D eigenvalue weighted by atomic mass is 16.4. The molecule has 0 bridgehead atoms.